The molecule has 2 rings (SSSR count). The fourth-order valence-corrected chi connectivity index (χ4v) is 2.29. The fraction of sp³-hybridized carbons (Fsp3) is 0.600. The van der Waals surface area contributed by atoms with E-state index in [-0.39, 0.29) is 18.2 Å². The summed E-state index contributed by atoms with van der Waals surface area (Å²) in [4.78, 5) is 22.2. The van der Waals surface area contributed by atoms with Crippen LogP contribution in [0, 0.1) is 0 Å². The van der Waals surface area contributed by atoms with Gasteiger partial charge >= 0.3 is 5.97 Å². The lowest BCUT2D eigenvalue weighted by atomic mass is 10.0. The van der Waals surface area contributed by atoms with Crippen molar-refractivity contribution in [3.63, 3.8) is 0 Å². The summed E-state index contributed by atoms with van der Waals surface area (Å²) < 4.78 is 1.06. The van der Waals surface area contributed by atoms with E-state index in [2.05, 4.69) is 5.10 Å². The number of carboxylic acids is 1. The summed E-state index contributed by atoms with van der Waals surface area (Å²) in [6, 6.07) is 0. The number of nitrogen functional groups attached to an aromatic ring is 1. The Labute approximate surface area is 92.0 Å². The van der Waals surface area contributed by atoms with Crippen molar-refractivity contribution in [3.8, 4) is 0 Å². The highest BCUT2D eigenvalue weighted by atomic mass is 16.4. The predicted octanol–water partition coefficient (Wildman–Crippen LogP) is 0.501. The molecule has 1 aromatic heterocycles. The second kappa shape index (κ2) is 4.03. The third-order valence-corrected chi connectivity index (χ3v) is 3.08. The van der Waals surface area contributed by atoms with Crippen LogP contribution in [0.5, 0.6) is 0 Å². The first kappa shape index (κ1) is 10.8. The Bertz CT molecular complexity index is 454. The van der Waals surface area contributed by atoms with E-state index in [9.17, 15) is 9.59 Å². The van der Waals surface area contributed by atoms with Crippen LogP contribution in [0.25, 0.3) is 0 Å². The second-order valence-corrected chi connectivity index (χ2v) is 4.21. The number of H-pyrrole nitrogens is 1. The molecule has 0 atom stereocenters. The molecule has 1 heterocycles. The zero-order valence-electron chi connectivity index (χ0n) is 8.90. The number of aromatic nitrogens is 2. The van der Waals surface area contributed by atoms with Crippen LogP contribution < -0.4 is 11.3 Å². The molecule has 88 valence electrons. The molecule has 0 bridgehead atoms. The Morgan fingerprint density at radius 2 is 2.12 bits per heavy atom. The van der Waals surface area contributed by atoms with Crippen LogP contribution in [0.3, 0.4) is 0 Å². The topological polar surface area (TPSA) is 101 Å². The first-order chi connectivity index (χ1) is 7.59. The number of hydrogen-bond acceptors (Lipinski definition) is 3. The number of nitrogens with two attached hydrogens (primary N) is 1. The zero-order valence-corrected chi connectivity index (χ0v) is 8.90. The fourth-order valence-electron chi connectivity index (χ4n) is 2.29. The maximum atomic E-state index is 11.6. The molecule has 0 aliphatic heterocycles. The first-order valence-corrected chi connectivity index (χ1v) is 5.39. The van der Waals surface area contributed by atoms with E-state index in [0.717, 1.165) is 30.4 Å². The van der Waals surface area contributed by atoms with Crippen molar-refractivity contribution in [1.82, 2.24) is 9.78 Å². The molecule has 0 amide bonds. The summed E-state index contributed by atoms with van der Waals surface area (Å²) >= 11 is 0. The van der Waals surface area contributed by atoms with Gasteiger partial charge in [0, 0.05) is 5.92 Å². The highest BCUT2D eigenvalue weighted by molar-refractivity contribution is 5.66. The molecule has 0 radical (unpaired) electrons. The van der Waals surface area contributed by atoms with Crippen molar-refractivity contribution in [2.45, 2.75) is 38.1 Å². The predicted molar refractivity (Wildman–Crippen MR) is 58.3 cm³/mol. The van der Waals surface area contributed by atoms with Gasteiger partial charge in [0.1, 0.15) is 12.2 Å². The van der Waals surface area contributed by atoms with Crippen LogP contribution in [-0.4, -0.2) is 20.9 Å². The van der Waals surface area contributed by atoms with Gasteiger partial charge in [-0.25, -0.2) is 4.68 Å². The van der Waals surface area contributed by atoms with Crippen molar-refractivity contribution >= 4 is 11.7 Å². The molecule has 6 heteroatoms. The SMILES string of the molecule is Nc1c(C2CCCC2)[nH]n(CC(=O)O)c1=O. The highest BCUT2D eigenvalue weighted by Gasteiger charge is 2.23. The van der Waals surface area contributed by atoms with E-state index in [1.54, 1.807) is 0 Å². The molecule has 0 unspecified atom stereocenters. The number of aromatic amines is 1. The molecule has 16 heavy (non-hydrogen) atoms. The molecule has 1 fully saturated rings. The Balaban J connectivity index is 2.32. The van der Waals surface area contributed by atoms with E-state index in [4.69, 9.17) is 10.8 Å². The van der Waals surface area contributed by atoms with Crippen molar-refractivity contribution in [3.05, 3.63) is 16.0 Å². The summed E-state index contributed by atoms with van der Waals surface area (Å²) in [6.45, 7) is -0.365. The molecule has 0 aromatic carbocycles. The Kier molecular flexibility index (Phi) is 2.72. The monoisotopic (exact) mass is 225 g/mol. The average molecular weight is 225 g/mol. The standard InChI is InChI=1S/C10H15N3O3/c11-8-9(6-3-1-2-4-6)12-13(10(8)16)5-7(14)15/h6,12H,1-5,11H2,(H,14,15). The Hall–Kier alpha value is -1.72. The molecular formula is C10H15N3O3. The van der Waals surface area contributed by atoms with Gasteiger partial charge in [-0.1, -0.05) is 12.8 Å². The maximum Gasteiger partial charge on any atom is 0.325 e. The lowest BCUT2D eigenvalue weighted by Gasteiger charge is -2.06. The molecule has 1 aliphatic rings. The van der Waals surface area contributed by atoms with E-state index >= 15 is 0 Å². The number of aliphatic carboxylic acids is 1. The van der Waals surface area contributed by atoms with Gasteiger partial charge in [-0.15, -0.1) is 0 Å². The Morgan fingerprint density at radius 1 is 1.50 bits per heavy atom. The molecule has 6 nitrogen and oxygen atoms in total. The third-order valence-electron chi connectivity index (χ3n) is 3.08. The van der Waals surface area contributed by atoms with Crippen molar-refractivity contribution < 1.29 is 9.90 Å². The quantitative estimate of drug-likeness (QED) is 0.697. The van der Waals surface area contributed by atoms with Crippen LogP contribution in [0.15, 0.2) is 4.79 Å². The number of carboxylic acid groups (broad SMARTS) is 1. The van der Waals surface area contributed by atoms with Gasteiger partial charge in [0.15, 0.2) is 0 Å². The highest BCUT2D eigenvalue weighted by Crippen LogP contribution is 2.34. The maximum absolute atomic E-state index is 11.6. The van der Waals surface area contributed by atoms with Crippen LogP contribution >= 0.6 is 0 Å². The second-order valence-electron chi connectivity index (χ2n) is 4.21. The number of rotatable bonds is 3. The van der Waals surface area contributed by atoms with E-state index in [1.807, 2.05) is 0 Å². The largest absolute Gasteiger partial charge is 0.480 e. The molecular weight excluding hydrogens is 210 g/mol. The summed E-state index contributed by atoms with van der Waals surface area (Å²) in [5, 5.41) is 11.5. The van der Waals surface area contributed by atoms with Gasteiger partial charge in [0.25, 0.3) is 5.56 Å². The normalized spacial score (nSPS) is 16.8. The first-order valence-electron chi connectivity index (χ1n) is 5.39. The van der Waals surface area contributed by atoms with Crippen molar-refractivity contribution in [1.29, 1.82) is 0 Å². The summed E-state index contributed by atoms with van der Waals surface area (Å²) in [7, 11) is 0. The van der Waals surface area contributed by atoms with E-state index in [0.29, 0.717) is 5.69 Å². The van der Waals surface area contributed by atoms with E-state index in [1.165, 1.54) is 0 Å². The van der Waals surface area contributed by atoms with Gasteiger partial charge in [-0.2, -0.15) is 0 Å². The van der Waals surface area contributed by atoms with Gasteiger partial charge in [0.05, 0.1) is 5.69 Å². The van der Waals surface area contributed by atoms with Crippen molar-refractivity contribution in [2.24, 2.45) is 0 Å². The van der Waals surface area contributed by atoms with Gasteiger partial charge < -0.3 is 10.8 Å². The summed E-state index contributed by atoms with van der Waals surface area (Å²) in [5.41, 5.74) is 6.16. The molecule has 0 spiro atoms. The van der Waals surface area contributed by atoms with E-state index < -0.39 is 11.5 Å². The molecule has 4 N–H and O–H groups in total. The minimum atomic E-state index is -1.05. The van der Waals surface area contributed by atoms with Crippen LogP contribution in [0.2, 0.25) is 0 Å². The smallest absolute Gasteiger partial charge is 0.325 e. The minimum absolute atomic E-state index is 0.174. The Morgan fingerprint density at radius 3 is 2.69 bits per heavy atom. The third kappa shape index (κ3) is 1.82. The molecule has 1 aliphatic carbocycles. The summed E-state index contributed by atoms with van der Waals surface area (Å²) in [5.74, 6) is -0.774. The summed E-state index contributed by atoms with van der Waals surface area (Å²) in [6.07, 6.45) is 4.29. The zero-order chi connectivity index (χ0) is 11.7. The van der Waals surface area contributed by atoms with Gasteiger partial charge in [-0.3, -0.25) is 14.7 Å². The number of hydrogen-bond donors (Lipinski definition) is 3. The van der Waals surface area contributed by atoms with Crippen LogP contribution in [0.1, 0.15) is 37.3 Å². The number of carbonyl (C=O) groups is 1. The van der Waals surface area contributed by atoms with Gasteiger partial charge in [-0.05, 0) is 12.8 Å². The number of anilines is 1. The number of nitrogens with zero attached hydrogens (tertiary/aromatic N) is 1. The lowest BCUT2D eigenvalue weighted by molar-refractivity contribution is -0.137. The average Bonchev–Trinajstić information content (AvgIpc) is 2.81. The van der Waals surface area contributed by atoms with Crippen LogP contribution in [-0.2, 0) is 11.3 Å². The lowest BCUT2D eigenvalue weighted by Crippen LogP contribution is -2.22. The van der Waals surface area contributed by atoms with Crippen LogP contribution in [0.4, 0.5) is 5.69 Å². The minimum Gasteiger partial charge on any atom is -0.480 e. The molecule has 0 saturated heterocycles. The number of nitrogens with one attached hydrogen (secondary N) is 1. The molecule has 1 saturated carbocycles. The molecule has 1 aromatic rings. The van der Waals surface area contributed by atoms with Crippen molar-refractivity contribution in [2.75, 3.05) is 5.73 Å². The van der Waals surface area contributed by atoms with Gasteiger partial charge in [0.2, 0.25) is 0 Å².